The number of benzene rings is 1. The molecular formula is C15H17ClN2O. The molecule has 2 aromatic rings. The van der Waals surface area contributed by atoms with Crippen molar-refractivity contribution < 1.29 is 4.74 Å². The molecule has 0 saturated carbocycles. The van der Waals surface area contributed by atoms with Crippen LogP contribution >= 0.6 is 11.6 Å². The average Bonchev–Trinajstić information content (AvgIpc) is 2.46. The van der Waals surface area contributed by atoms with Crippen LogP contribution < -0.4 is 10.1 Å². The fourth-order valence-electron chi connectivity index (χ4n) is 1.91. The third-order valence-corrected chi connectivity index (χ3v) is 3.42. The Morgan fingerprint density at radius 3 is 2.84 bits per heavy atom. The highest BCUT2D eigenvalue weighted by Crippen LogP contribution is 2.26. The molecule has 0 saturated heterocycles. The van der Waals surface area contributed by atoms with Gasteiger partial charge in [0.25, 0.3) is 0 Å². The maximum absolute atomic E-state index is 6.21. The lowest BCUT2D eigenvalue weighted by Gasteiger charge is -2.16. The van der Waals surface area contributed by atoms with Crippen LogP contribution in [0.3, 0.4) is 0 Å². The van der Waals surface area contributed by atoms with Crippen LogP contribution in [0, 0.1) is 0 Å². The summed E-state index contributed by atoms with van der Waals surface area (Å²) in [4.78, 5) is 4.12. The van der Waals surface area contributed by atoms with Crippen LogP contribution in [0.25, 0.3) is 0 Å². The third kappa shape index (κ3) is 3.46. The first-order chi connectivity index (χ1) is 9.22. The van der Waals surface area contributed by atoms with E-state index in [1.165, 1.54) is 0 Å². The summed E-state index contributed by atoms with van der Waals surface area (Å²) in [5, 5.41) is 4.14. The molecule has 0 amide bonds. The van der Waals surface area contributed by atoms with E-state index in [1.54, 1.807) is 13.3 Å². The first-order valence-electron chi connectivity index (χ1n) is 6.17. The van der Waals surface area contributed by atoms with Crippen molar-refractivity contribution in [1.29, 1.82) is 0 Å². The Morgan fingerprint density at radius 1 is 1.32 bits per heavy atom. The number of aromatic nitrogens is 1. The van der Waals surface area contributed by atoms with Gasteiger partial charge in [0.15, 0.2) is 0 Å². The van der Waals surface area contributed by atoms with Gasteiger partial charge < -0.3 is 10.1 Å². The second-order valence-electron chi connectivity index (χ2n) is 4.31. The summed E-state index contributed by atoms with van der Waals surface area (Å²) in [6, 6.07) is 9.86. The highest BCUT2D eigenvalue weighted by Gasteiger charge is 2.10. The van der Waals surface area contributed by atoms with Crippen molar-refractivity contribution in [3.05, 3.63) is 58.9 Å². The lowest BCUT2D eigenvalue weighted by molar-refractivity contribution is 0.406. The molecule has 2 rings (SSSR count). The van der Waals surface area contributed by atoms with Gasteiger partial charge in [-0.1, -0.05) is 23.7 Å². The molecule has 3 nitrogen and oxygen atoms in total. The highest BCUT2D eigenvalue weighted by atomic mass is 35.5. The number of rotatable bonds is 5. The quantitative estimate of drug-likeness (QED) is 0.906. The molecular weight excluding hydrogens is 260 g/mol. The summed E-state index contributed by atoms with van der Waals surface area (Å²) in [5.74, 6) is 0.804. The molecule has 100 valence electrons. The Kier molecular flexibility index (Phi) is 4.77. The van der Waals surface area contributed by atoms with Crippen LogP contribution in [0.2, 0.25) is 5.02 Å². The van der Waals surface area contributed by atoms with Gasteiger partial charge in [-0.2, -0.15) is 0 Å². The van der Waals surface area contributed by atoms with Gasteiger partial charge >= 0.3 is 0 Å². The van der Waals surface area contributed by atoms with E-state index in [9.17, 15) is 0 Å². The van der Waals surface area contributed by atoms with Crippen molar-refractivity contribution in [3.8, 4) is 5.75 Å². The minimum Gasteiger partial charge on any atom is -0.496 e. The SMILES string of the molecule is COc1cccc(Cl)c1CNC(C)c1cccnc1. The number of halogens is 1. The maximum Gasteiger partial charge on any atom is 0.124 e. The van der Waals surface area contributed by atoms with Crippen LogP contribution in [0.1, 0.15) is 24.1 Å². The van der Waals surface area contributed by atoms with Crippen molar-refractivity contribution >= 4 is 11.6 Å². The number of nitrogens with one attached hydrogen (secondary N) is 1. The average molecular weight is 277 g/mol. The molecule has 1 aromatic carbocycles. The van der Waals surface area contributed by atoms with E-state index in [4.69, 9.17) is 16.3 Å². The summed E-state index contributed by atoms with van der Waals surface area (Å²) in [6.07, 6.45) is 3.63. The molecule has 0 aliphatic heterocycles. The zero-order valence-corrected chi connectivity index (χ0v) is 11.8. The number of ether oxygens (including phenoxy) is 1. The second-order valence-corrected chi connectivity index (χ2v) is 4.72. The smallest absolute Gasteiger partial charge is 0.124 e. The number of methoxy groups -OCH3 is 1. The Labute approximate surface area is 118 Å². The monoisotopic (exact) mass is 276 g/mol. The predicted octanol–water partition coefficient (Wildman–Crippen LogP) is 3.59. The molecule has 0 fully saturated rings. The first kappa shape index (κ1) is 13.8. The molecule has 0 aliphatic rings. The van der Waals surface area contributed by atoms with Crippen molar-refractivity contribution in [2.24, 2.45) is 0 Å². The van der Waals surface area contributed by atoms with E-state index >= 15 is 0 Å². The largest absolute Gasteiger partial charge is 0.496 e. The normalized spacial score (nSPS) is 12.2. The number of hydrogen-bond donors (Lipinski definition) is 1. The Balaban J connectivity index is 2.07. The molecule has 1 aromatic heterocycles. The van der Waals surface area contributed by atoms with Gasteiger partial charge in [0, 0.05) is 35.6 Å². The Bertz CT molecular complexity index is 531. The Hall–Kier alpha value is -1.58. The number of nitrogens with zero attached hydrogens (tertiary/aromatic N) is 1. The van der Waals surface area contributed by atoms with E-state index in [1.807, 2.05) is 30.5 Å². The van der Waals surface area contributed by atoms with Crippen molar-refractivity contribution in [1.82, 2.24) is 10.3 Å². The number of pyridine rings is 1. The molecule has 19 heavy (non-hydrogen) atoms. The lowest BCUT2D eigenvalue weighted by atomic mass is 10.1. The molecule has 0 bridgehead atoms. The van der Waals surface area contributed by atoms with Gasteiger partial charge in [-0.25, -0.2) is 0 Å². The maximum atomic E-state index is 6.21. The standard InChI is InChI=1S/C15H17ClN2O/c1-11(12-5-4-8-17-9-12)18-10-13-14(16)6-3-7-15(13)19-2/h3-9,11,18H,10H2,1-2H3. The van der Waals surface area contributed by atoms with Crippen LogP contribution in [0.15, 0.2) is 42.7 Å². The molecule has 0 spiro atoms. The fourth-order valence-corrected chi connectivity index (χ4v) is 2.14. The fraction of sp³-hybridized carbons (Fsp3) is 0.267. The van der Waals surface area contributed by atoms with Gasteiger partial charge in [-0.3, -0.25) is 4.98 Å². The van der Waals surface area contributed by atoms with Crippen LogP contribution in [0.5, 0.6) is 5.75 Å². The molecule has 1 unspecified atom stereocenters. The van der Waals surface area contributed by atoms with Crippen molar-refractivity contribution in [2.45, 2.75) is 19.5 Å². The summed E-state index contributed by atoms with van der Waals surface area (Å²) in [5.41, 5.74) is 2.12. The minimum atomic E-state index is 0.203. The van der Waals surface area contributed by atoms with E-state index < -0.39 is 0 Å². The van der Waals surface area contributed by atoms with Gasteiger partial charge in [-0.05, 0) is 30.7 Å². The van der Waals surface area contributed by atoms with Crippen LogP contribution in [-0.2, 0) is 6.54 Å². The highest BCUT2D eigenvalue weighted by molar-refractivity contribution is 6.31. The Morgan fingerprint density at radius 2 is 2.16 bits per heavy atom. The lowest BCUT2D eigenvalue weighted by Crippen LogP contribution is -2.18. The minimum absolute atomic E-state index is 0.203. The summed E-state index contributed by atoms with van der Waals surface area (Å²) < 4.78 is 5.33. The molecule has 0 aliphatic carbocycles. The summed E-state index contributed by atoms with van der Waals surface area (Å²) in [6.45, 7) is 2.75. The zero-order chi connectivity index (χ0) is 13.7. The molecule has 0 radical (unpaired) electrons. The molecule has 1 heterocycles. The van der Waals surface area contributed by atoms with E-state index in [0.29, 0.717) is 11.6 Å². The third-order valence-electron chi connectivity index (χ3n) is 3.07. The first-order valence-corrected chi connectivity index (χ1v) is 6.55. The van der Waals surface area contributed by atoms with Crippen LogP contribution in [-0.4, -0.2) is 12.1 Å². The summed E-state index contributed by atoms with van der Waals surface area (Å²) >= 11 is 6.21. The molecule has 1 N–H and O–H groups in total. The van der Waals surface area contributed by atoms with Gasteiger partial charge in [0.2, 0.25) is 0 Å². The van der Waals surface area contributed by atoms with Crippen molar-refractivity contribution in [2.75, 3.05) is 7.11 Å². The predicted molar refractivity (Wildman–Crippen MR) is 77.5 cm³/mol. The second kappa shape index (κ2) is 6.55. The van der Waals surface area contributed by atoms with Crippen molar-refractivity contribution in [3.63, 3.8) is 0 Å². The van der Waals surface area contributed by atoms with Gasteiger partial charge in [-0.15, -0.1) is 0 Å². The number of hydrogen-bond acceptors (Lipinski definition) is 3. The van der Waals surface area contributed by atoms with Gasteiger partial charge in [0.05, 0.1) is 7.11 Å². The summed E-state index contributed by atoms with van der Waals surface area (Å²) in [7, 11) is 1.65. The van der Waals surface area contributed by atoms with Gasteiger partial charge in [0.1, 0.15) is 5.75 Å². The topological polar surface area (TPSA) is 34.1 Å². The van der Waals surface area contributed by atoms with E-state index in [0.717, 1.165) is 16.9 Å². The molecule has 1 atom stereocenters. The van der Waals surface area contributed by atoms with E-state index in [-0.39, 0.29) is 6.04 Å². The molecule has 4 heteroatoms. The zero-order valence-electron chi connectivity index (χ0n) is 11.1. The van der Waals surface area contributed by atoms with Crippen LogP contribution in [0.4, 0.5) is 0 Å². The van der Waals surface area contributed by atoms with E-state index in [2.05, 4.69) is 23.3 Å².